The van der Waals surface area contributed by atoms with Gasteiger partial charge in [0.2, 0.25) is 0 Å². The first kappa shape index (κ1) is 9.02. The van der Waals surface area contributed by atoms with Gasteiger partial charge in [-0.1, -0.05) is 6.07 Å². The van der Waals surface area contributed by atoms with Crippen LogP contribution in [0.3, 0.4) is 0 Å². The molecule has 0 saturated heterocycles. The molecule has 0 atom stereocenters. The SMILES string of the molecule is COCCNc1cc2ccccn2n1. The minimum absolute atomic E-state index is 0.688. The molecule has 2 aromatic rings. The molecule has 0 aliphatic heterocycles. The lowest BCUT2D eigenvalue weighted by Crippen LogP contribution is -2.07. The van der Waals surface area contributed by atoms with Crippen molar-refractivity contribution in [3.8, 4) is 0 Å². The third-order valence-corrected chi connectivity index (χ3v) is 1.98. The maximum absolute atomic E-state index is 4.94. The summed E-state index contributed by atoms with van der Waals surface area (Å²) >= 11 is 0. The van der Waals surface area contributed by atoms with Crippen molar-refractivity contribution in [1.82, 2.24) is 9.61 Å². The molecule has 14 heavy (non-hydrogen) atoms. The summed E-state index contributed by atoms with van der Waals surface area (Å²) in [5, 5.41) is 7.51. The number of hydrogen-bond acceptors (Lipinski definition) is 3. The van der Waals surface area contributed by atoms with Crippen LogP contribution in [-0.4, -0.2) is 29.9 Å². The quantitative estimate of drug-likeness (QED) is 0.742. The monoisotopic (exact) mass is 191 g/mol. The zero-order valence-corrected chi connectivity index (χ0v) is 8.10. The van der Waals surface area contributed by atoms with E-state index < -0.39 is 0 Å². The van der Waals surface area contributed by atoms with E-state index >= 15 is 0 Å². The van der Waals surface area contributed by atoms with E-state index in [-0.39, 0.29) is 0 Å². The molecule has 2 aromatic heterocycles. The third-order valence-electron chi connectivity index (χ3n) is 1.98. The molecule has 0 aromatic carbocycles. The normalized spacial score (nSPS) is 10.6. The van der Waals surface area contributed by atoms with Crippen LogP contribution in [0.15, 0.2) is 30.5 Å². The minimum Gasteiger partial charge on any atom is -0.383 e. The highest BCUT2D eigenvalue weighted by Gasteiger charge is 1.98. The number of nitrogens with one attached hydrogen (secondary N) is 1. The lowest BCUT2D eigenvalue weighted by Gasteiger charge is -1.99. The van der Waals surface area contributed by atoms with Crippen LogP contribution in [0.4, 0.5) is 5.82 Å². The Morgan fingerprint density at radius 2 is 2.43 bits per heavy atom. The van der Waals surface area contributed by atoms with Gasteiger partial charge in [-0.25, -0.2) is 4.52 Å². The molecule has 1 N–H and O–H groups in total. The number of pyridine rings is 1. The van der Waals surface area contributed by atoms with Crippen molar-refractivity contribution < 1.29 is 4.74 Å². The lowest BCUT2D eigenvalue weighted by molar-refractivity contribution is 0.210. The summed E-state index contributed by atoms with van der Waals surface area (Å²) in [6, 6.07) is 7.99. The van der Waals surface area contributed by atoms with Crippen LogP contribution in [0.1, 0.15) is 0 Å². The molecule has 2 heterocycles. The second kappa shape index (κ2) is 4.11. The van der Waals surface area contributed by atoms with Gasteiger partial charge in [-0.05, 0) is 12.1 Å². The summed E-state index contributed by atoms with van der Waals surface area (Å²) in [6.07, 6.45) is 1.93. The molecular formula is C10H13N3O. The predicted molar refractivity (Wildman–Crippen MR) is 55.6 cm³/mol. The fourth-order valence-electron chi connectivity index (χ4n) is 1.31. The first-order valence-electron chi connectivity index (χ1n) is 4.57. The van der Waals surface area contributed by atoms with Gasteiger partial charge < -0.3 is 10.1 Å². The van der Waals surface area contributed by atoms with Gasteiger partial charge in [-0.15, -0.1) is 0 Å². The summed E-state index contributed by atoms with van der Waals surface area (Å²) in [6.45, 7) is 1.47. The second-order valence-electron chi connectivity index (χ2n) is 3.02. The summed E-state index contributed by atoms with van der Waals surface area (Å²) in [4.78, 5) is 0. The van der Waals surface area contributed by atoms with Crippen molar-refractivity contribution in [2.24, 2.45) is 0 Å². The highest BCUT2D eigenvalue weighted by atomic mass is 16.5. The maximum atomic E-state index is 4.94. The number of ether oxygens (including phenoxy) is 1. The average Bonchev–Trinajstić information content (AvgIpc) is 2.60. The highest BCUT2D eigenvalue weighted by molar-refractivity contribution is 5.55. The Bertz CT molecular complexity index is 377. The highest BCUT2D eigenvalue weighted by Crippen LogP contribution is 2.09. The van der Waals surface area contributed by atoms with Crippen molar-refractivity contribution in [3.05, 3.63) is 30.5 Å². The van der Waals surface area contributed by atoms with Crippen molar-refractivity contribution in [1.29, 1.82) is 0 Å². The molecule has 4 nitrogen and oxygen atoms in total. The Morgan fingerprint density at radius 3 is 3.21 bits per heavy atom. The molecule has 0 aliphatic carbocycles. The van der Waals surface area contributed by atoms with Gasteiger partial charge in [0.25, 0.3) is 0 Å². The number of hydrogen-bond donors (Lipinski definition) is 1. The summed E-state index contributed by atoms with van der Waals surface area (Å²) < 4.78 is 6.78. The summed E-state index contributed by atoms with van der Waals surface area (Å²) in [5.41, 5.74) is 1.09. The van der Waals surface area contributed by atoms with Crippen molar-refractivity contribution in [2.75, 3.05) is 25.6 Å². The minimum atomic E-state index is 0.688. The fourth-order valence-corrected chi connectivity index (χ4v) is 1.31. The van der Waals surface area contributed by atoms with Crippen LogP contribution < -0.4 is 5.32 Å². The number of anilines is 1. The largest absolute Gasteiger partial charge is 0.383 e. The summed E-state index contributed by atoms with van der Waals surface area (Å²) in [7, 11) is 1.69. The molecule has 0 aliphatic rings. The lowest BCUT2D eigenvalue weighted by atomic mass is 10.4. The van der Waals surface area contributed by atoms with E-state index in [4.69, 9.17) is 4.74 Å². The van der Waals surface area contributed by atoms with Gasteiger partial charge in [-0.3, -0.25) is 0 Å². The van der Waals surface area contributed by atoms with Crippen LogP contribution in [0.2, 0.25) is 0 Å². The second-order valence-corrected chi connectivity index (χ2v) is 3.02. The fraction of sp³-hybridized carbons (Fsp3) is 0.300. The van der Waals surface area contributed by atoms with E-state index in [9.17, 15) is 0 Å². The zero-order chi connectivity index (χ0) is 9.80. The standard InChI is InChI=1S/C10H13N3O/c1-14-7-5-11-10-8-9-4-2-3-6-13(9)12-10/h2-4,6,8H,5,7H2,1H3,(H,11,12). The molecule has 0 radical (unpaired) electrons. The first-order chi connectivity index (χ1) is 6.90. The number of aromatic nitrogens is 2. The van der Waals surface area contributed by atoms with E-state index in [0.717, 1.165) is 17.9 Å². The molecule has 4 heteroatoms. The molecule has 0 spiro atoms. The van der Waals surface area contributed by atoms with Crippen LogP contribution >= 0.6 is 0 Å². The Hall–Kier alpha value is -1.55. The third kappa shape index (κ3) is 1.85. The van der Waals surface area contributed by atoms with Gasteiger partial charge >= 0.3 is 0 Å². The Morgan fingerprint density at radius 1 is 1.50 bits per heavy atom. The van der Waals surface area contributed by atoms with Gasteiger partial charge in [0.05, 0.1) is 12.1 Å². The van der Waals surface area contributed by atoms with Crippen molar-refractivity contribution in [3.63, 3.8) is 0 Å². The van der Waals surface area contributed by atoms with Crippen LogP contribution in [0.5, 0.6) is 0 Å². The number of nitrogens with zero attached hydrogens (tertiary/aromatic N) is 2. The van der Waals surface area contributed by atoms with Crippen molar-refractivity contribution >= 4 is 11.3 Å². The van der Waals surface area contributed by atoms with E-state index in [0.29, 0.717) is 6.61 Å². The maximum Gasteiger partial charge on any atom is 0.149 e. The molecule has 74 valence electrons. The molecule has 0 fully saturated rings. The van der Waals surface area contributed by atoms with E-state index in [2.05, 4.69) is 10.4 Å². The van der Waals surface area contributed by atoms with Gasteiger partial charge in [-0.2, -0.15) is 5.10 Å². The van der Waals surface area contributed by atoms with Crippen LogP contribution in [0.25, 0.3) is 5.52 Å². The first-order valence-corrected chi connectivity index (χ1v) is 4.57. The zero-order valence-electron chi connectivity index (χ0n) is 8.10. The average molecular weight is 191 g/mol. The number of fused-ring (bicyclic) bond motifs is 1. The Balaban J connectivity index is 2.11. The molecule has 0 amide bonds. The predicted octanol–water partition coefficient (Wildman–Crippen LogP) is 1.39. The van der Waals surface area contributed by atoms with E-state index in [1.807, 2.05) is 35.0 Å². The van der Waals surface area contributed by atoms with Gasteiger partial charge in [0.1, 0.15) is 5.82 Å². The number of rotatable bonds is 4. The number of methoxy groups -OCH3 is 1. The summed E-state index contributed by atoms with van der Waals surface area (Å²) in [5.74, 6) is 0.883. The van der Waals surface area contributed by atoms with Gasteiger partial charge in [0.15, 0.2) is 0 Å². The topological polar surface area (TPSA) is 38.6 Å². The Kier molecular flexibility index (Phi) is 2.65. The van der Waals surface area contributed by atoms with Crippen molar-refractivity contribution in [2.45, 2.75) is 0 Å². The smallest absolute Gasteiger partial charge is 0.149 e. The van der Waals surface area contributed by atoms with E-state index in [1.54, 1.807) is 7.11 Å². The molecular weight excluding hydrogens is 178 g/mol. The van der Waals surface area contributed by atoms with Crippen LogP contribution in [-0.2, 0) is 4.74 Å². The molecule has 0 saturated carbocycles. The molecule has 2 rings (SSSR count). The molecule has 0 bridgehead atoms. The van der Waals surface area contributed by atoms with Gasteiger partial charge in [0, 0.05) is 25.9 Å². The van der Waals surface area contributed by atoms with E-state index in [1.165, 1.54) is 0 Å². The molecule has 0 unspecified atom stereocenters. The Labute approximate surface area is 82.5 Å². The van der Waals surface area contributed by atoms with Crippen LogP contribution in [0, 0.1) is 0 Å².